The number of pyridine rings is 1. The van der Waals surface area contributed by atoms with Crippen molar-refractivity contribution in [3.05, 3.63) is 53.2 Å². The van der Waals surface area contributed by atoms with Crippen LogP contribution in [-0.2, 0) is 4.79 Å². The van der Waals surface area contributed by atoms with E-state index < -0.39 is 0 Å². The molecule has 0 atom stereocenters. The lowest BCUT2D eigenvalue weighted by atomic mass is 10.2. The number of benzene rings is 1. The Morgan fingerprint density at radius 3 is 2.85 bits per heavy atom. The first-order valence-electron chi connectivity index (χ1n) is 6.25. The molecule has 4 nitrogen and oxygen atoms in total. The molecule has 20 heavy (non-hydrogen) atoms. The van der Waals surface area contributed by atoms with Gasteiger partial charge in [0.15, 0.2) is 0 Å². The van der Waals surface area contributed by atoms with E-state index in [1.807, 2.05) is 31.2 Å². The highest BCUT2D eigenvalue weighted by Crippen LogP contribution is 2.13. The molecule has 0 aliphatic carbocycles. The van der Waals surface area contributed by atoms with E-state index in [2.05, 4.69) is 10.3 Å². The molecule has 1 amide bonds. The quantitative estimate of drug-likeness (QED) is 0.858. The minimum atomic E-state index is -0.160. The van der Waals surface area contributed by atoms with E-state index in [1.54, 1.807) is 18.2 Å². The maximum absolute atomic E-state index is 11.7. The van der Waals surface area contributed by atoms with Crippen LogP contribution < -0.4 is 10.1 Å². The number of carbonyl (C=O) groups is 1. The number of carbonyl (C=O) groups excluding carboxylic acids is 1. The van der Waals surface area contributed by atoms with Gasteiger partial charge in [-0.25, -0.2) is 4.98 Å². The van der Waals surface area contributed by atoms with Crippen LogP contribution in [0.25, 0.3) is 0 Å². The molecule has 0 aliphatic heterocycles. The highest BCUT2D eigenvalue weighted by molar-refractivity contribution is 6.29. The molecule has 2 rings (SSSR count). The number of aryl methyl sites for hydroxylation is 1. The first-order valence-corrected chi connectivity index (χ1v) is 6.63. The summed E-state index contributed by atoms with van der Waals surface area (Å²) < 4.78 is 5.51. The lowest BCUT2D eigenvalue weighted by Gasteiger charge is -2.07. The Labute approximate surface area is 122 Å². The summed E-state index contributed by atoms with van der Waals surface area (Å²) in [5, 5.41) is 3.01. The standard InChI is InChI=1S/C15H15ClN2O2/c1-11-4-2-5-12(10-11)20-9-8-15(19)18-14-7-3-6-13(16)17-14/h2-7,10H,8-9H2,1H3,(H,17,18,19). The van der Waals surface area contributed by atoms with Crippen molar-refractivity contribution >= 4 is 23.3 Å². The fraction of sp³-hybridized carbons (Fsp3) is 0.200. The van der Waals surface area contributed by atoms with Gasteiger partial charge >= 0.3 is 0 Å². The third-order valence-electron chi connectivity index (χ3n) is 2.57. The number of halogens is 1. The van der Waals surface area contributed by atoms with Crippen LogP contribution in [0.1, 0.15) is 12.0 Å². The molecular formula is C15H15ClN2O2. The average Bonchev–Trinajstić information content (AvgIpc) is 2.38. The van der Waals surface area contributed by atoms with Gasteiger partial charge in [-0.15, -0.1) is 0 Å². The van der Waals surface area contributed by atoms with Gasteiger partial charge in [-0.2, -0.15) is 0 Å². The second kappa shape index (κ2) is 6.91. The van der Waals surface area contributed by atoms with Crippen LogP contribution >= 0.6 is 11.6 Å². The highest BCUT2D eigenvalue weighted by atomic mass is 35.5. The summed E-state index contributed by atoms with van der Waals surface area (Å²) in [6, 6.07) is 12.8. The normalized spacial score (nSPS) is 10.1. The zero-order valence-corrected chi connectivity index (χ0v) is 11.9. The van der Waals surface area contributed by atoms with E-state index in [0.29, 0.717) is 17.6 Å². The maximum Gasteiger partial charge on any atom is 0.228 e. The summed E-state index contributed by atoms with van der Waals surface area (Å²) in [7, 11) is 0. The van der Waals surface area contributed by atoms with Crippen LogP contribution in [0.4, 0.5) is 5.82 Å². The number of rotatable bonds is 5. The molecule has 0 spiro atoms. The third kappa shape index (κ3) is 4.55. The molecule has 1 aromatic heterocycles. The van der Waals surface area contributed by atoms with Gasteiger partial charge in [0, 0.05) is 0 Å². The van der Waals surface area contributed by atoms with Gasteiger partial charge in [0.25, 0.3) is 0 Å². The number of nitrogens with zero attached hydrogens (tertiary/aromatic N) is 1. The van der Waals surface area contributed by atoms with Crippen molar-refractivity contribution in [3.63, 3.8) is 0 Å². The topological polar surface area (TPSA) is 51.2 Å². The van der Waals surface area contributed by atoms with E-state index in [0.717, 1.165) is 11.3 Å². The lowest BCUT2D eigenvalue weighted by molar-refractivity contribution is -0.116. The van der Waals surface area contributed by atoms with Gasteiger partial charge in [-0.3, -0.25) is 4.79 Å². The number of ether oxygens (including phenoxy) is 1. The van der Waals surface area contributed by atoms with E-state index in [1.165, 1.54) is 0 Å². The Morgan fingerprint density at radius 1 is 1.30 bits per heavy atom. The van der Waals surface area contributed by atoms with E-state index in [-0.39, 0.29) is 12.3 Å². The van der Waals surface area contributed by atoms with Crippen molar-refractivity contribution < 1.29 is 9.53 Å². The molecule has 2 aromatic rings. The van der Waals surface area contributed by atoms with Crippen molar-refractivity contribution in [2.75, 3.05) is 11.9 Å². The number of nitrogens with one attached hydrogen (secondary N) is 1. The fourth-order valence-electron chi connectivity index (χ4n) is 1.65. The van der Waals surface area contributed by atoms with Crippen LogP contribution in [0, 0.1) is 6.92 Å². The fourth-order valence-corrected chi connectivity index (χ4v) is 1.81. The minimum absolute atomic E-state index is 0.160. The van der Waals surface area contributed by atoms with Crippen molar-refractivity contribution in [3.8, 4) is 5.75 Å². The van der Waals surface area contributed by atoms with E-state index in [9.17, 15) is 4.79 Å². The van der Waals surface area contributed by atoms with E-state index >= 15 is 0 Å². The minimum Gasteiger partial charge on any atom is -0.493 e. The number of aromatic nitrogens is 1. The predicted molar refractivity (Wildman–Crippen MR) is 79.2 cm³/mol. The molecule has 0 radical (unpaired) electrons. The smallest absolute Gasteiger partial charge is 0.228 e. The molecule has 104 valence electrons. The average molecular weight is 291 g/mol. The Morgan fingerprint density at radius 2 is 2.10 bits per heavy atom. The van der Waals surface area contributed by atoms with Crippen LogP contribution in [0.3, 0.4) is 0 Å². The maximum atomic E-state index is 11.7. The molecule has 0 unspecified atom stereocenters. The second-order valence-corrected chi connectivity index (χ2v) is 4.70. The lowest BCUT2D eigenvalue weighted by Crippen LogP contribution is -2.16. The Bertz CT molecular complexity index is 602. The SMILES string of the molecule is Cc1cccc(OCCC(=O)Nc2cccc(Cl)n2)c1. The van der Waals surface area contributed by atoms with Crippen LogP contribution in [-0.4, -0.2) is 17.5 Å². The zero-order chi connectivity index (χ0) is 14.4. The van der Waals surface area contributed by atoms with Crippen LogP contribution in [0.2, 0.25) is 5.15 Å². The van der Waals surface area contributed by atoms with Gasteiger partial charge in [-0.1, -0.05) is 29.8 Å². The third-order valence-corrected chi connectivity index (χ3v) is 2.78. The first-order chi connectivity index (χ1) is 9.63. The van der Waals surface area contributed by atoms with Crippen molar-refractivity contribution in [1.29, 1.82) is 0 Å². The Kier molecular flexibility index (Phi) is 4.96. The number of amides is 1. The summed E-state index contributed by atoms with van der Waals surface area (Å²) >= 11 is 5.74. The largest absolute Gasteiger partial charge is 0.493 e. The molecular weight excluding hydrogens is 276 g/mol. The van der Waals surface area contributed by atoms with Gasteiger partial charge in [0.05, 0.1) is 13.0 Å². The monoisotopic (exact) mass is 290 g/mol. The Balaban J connectivity index is 1.78. The van der Waals surface area contributed by atoms with Crippen LogP contribution in [0.5, 0.6) is 5.75 Å². The number of hydrogen-bond acceptors (Lipinski definition) is 3. The first kappa shape index (κ1) is 14.3. The molecule has 0 fully saturated rings. The summed E-state index contributed by atoms with van der Waals surface area (Å²) in [5.74, 6) is 1.05. The summed E-state index contributed by atoms with van der Waals surface area (Å²) in [4.78, 5) is 15.7. The zero-order valence-electron chi connectivity index (χ0n) is 11.1. The molecule has 1 heterocycles. The number of anilines is 1. The summed E-state index contributed by atoms with van der Waals surface area (Å²) in [5.41, 5.74) is 1.12. The van der Waals surface area contributed by atoms with Crippen LogP contribution in [0.15, 0.2) is 42.5 Å². The molecule has 0 saturated heterocycles. The molecule has 0 aliphatic rings. The van der Waals surface area contributed by atoms with Gasteiger partial charge < -0.3 is 10.1 Å². The summed E-state index contributed by atoms with van der Waals surface area (Å²) in [6.45, 7) is 2.31. The van der Waals surface area contributed by atoms with Crippen molar-refractivity contribution in [1.82, 2.24) is 4.98 Å². The van der Waals surface area contributed by atoms with Crippen molar-refractivity contribution in [2.45, 2.75) is 13.3 Å². The molecule has 5 heteroatoms. The molecule has 1 N–H and O–H groups in total. The van der Waals surface area contributed by atoms with Gasteiger partial charge in [0.1, 0.15) is 16.7 Å². The number of hydrogen-bond donors (Lipinski definition) is 1. The van der Waals surface area contributed by atoms with E-state index in [4.69, 9.17) is 16.3 Å². The highest BCUT2D eigenvalue weighted by Gasteiger charge is 2.04. The Hall–Kier alpha value is -2.07. The van der Waals surface area contributed by atoms with Gasteiger partial charge in [-0.05, 0) is 36.8 Å². The molecule has 0 bridgehead atoms. The summed E-state index contributed by atoms with van der Waals surface area (Å²) in [6.07, 6.45) is 0.252. The second-order valence-electron chi connectivity index (χ2n) is 4.31. The molecule has 1 aromatic carbocycles. The van der Waals surface area contributed by atoms with Crippen molar-refractivity contribution in [2.24, 2.45) is 0 Å². The molecule has 0 saturated carbocycles. The van der Waals surface area contributed by atoms with Gasteiger partial charge in [0.2, 0.25) is 5.91 Å². The predicted octanol–water partition coefficient (Wildman–Crippen LogP) is 3.45.